The number of hydrogen-bond donors (Lipinski definition) is 3. The van der Waals surface area contributed by atoms with Crippen LogP contribution < -0.4 is 16.0 Å². The molecule has 0 spiro atoms. The highest BCUT2D eigenvalue weighted by atomic mass is 16.2. The van der Waals surface area contributed by atoms with E-state index in [2.05, 4.69) is 16.0 Å². The molecular formula is C21H29N3O2. The summed E-state index contributed by atoms with van der Waals surface area (Å²) >= 11 is 0. The van der Waals surface area contributed by atoms with Crippen LogP contribution in [-0.2, 0) is 0 Å². The van der Waals surface area contributed by atoms with Gasteiger partial charge >= 0.3 is 6.03 Å². The molecule has 4 aliphatic rings. The summed E-state index contributed by atoms with van der Waals surface area (Å²) in [6.07, 6.45) is 8.43. The van der Waals surface area contributed by atoms with Crippen LogP contribution in [0.2, 0.25) is 0 Å². The van der Waals surface area contributed by atoms with E-state index >= 15 is 0 Å². The van der Waals surface area contributed by atoms with E-state index in [0.717, 1.165) is 49.1 Å². The van der Waals surface area contributed by atoms with Crippen LogP contribution in [0.25, 0.3) is 0 Å². The van der Waals surface area contributed by atoms with Crippen molar-refractivity contribution in [2.45, 2.75) is 57.4 Å². The molecular weight excluding hydrogens is 326 g/mol. The van der Waals surface area contributed by atoms with Gasteiger partial charge in [-0.05, 0) is 87.0 Å². The second-order valence-corrected chi connectivity index (χ2v) is 8.61. The van der Waals surface area contributed by atoms with Gasteiger partial charge in [0.1, 0.15) is 0 Å². The van der Waals surface area contributed by atoms with Crippen LogP contribution in [0.15, 0.2) is 24.3 Å². The number of anilines is 1. The molecule has 0 radical (unpaired) electrons. The third-order valence-corrected chi connectivity index (χ3v) is 6.36. The Balaban J connectivity index is 1.34. The molecule has 26 heavy (non-hydrogen) atoms. The van der Waals surface area contributed by atoms with E-state index in [9.17, 15) is 9.59 Å². The molecule has 1 aromatic rings. The number of nitrogens with one attached hydrogen (secondary N) is 3. The summed E-state index contributed by atoms with van der Waals surface area (Å²) in [6.45, 7) is 2.70. The molecule has 140 valence electrons. The smallest absolute Gasteiger partial charge is 0.319 e. The first-order valence-electron chi connectivity index (χ1n) is 10.0. The Bertz CT molecular complexity index is 648. The third-order valence-electron chi connectivity index (χ3n) is 6.36. The summed E-state index contributed by atoms with van der Waals surface area (Å²) in [5.41, 5.74) is 1.35. The van der Waals surface area contributed by atoms with E-state index in [1.807, 2.05) is 6.92 Å². The summed E-state index contributed by atoms with van der Waals surface area (Å²) in [7, 11) is 0. The fourth-order valence-electron chi connectivity index (χ4n) is 5.71. The van der Waals surface area contributed by atoms with Gasteiger partial charge in [-0.3, -0.25) is 4.79 Å². The zero-order chi connectivity index (χ0) is 18.1. The highest BCUT2D eigenvalue weighted by molar-refractivity contribution is 5.95. The van der Waals surface area contributed by atoms with Crippen LogP contribution >= 0.6 is 0 Å². The molecule has 0 aromatic heterocycles. The van der Waals surface area contributed by atoms with Gasteiger partial charge in [-0.15, -0.1) is 0 Å². The highest BCUT2D eigenvalue weighted by Gasteiger charge is 2.51. The van der Waals surface area contributed by atoms with Gasteiger partial charge in [-0.25, -0.2) is 4.79 Å². The Morgan fingerprint density at radius 2 is 1.58 bits per heavy atom. The molecule has 4 bridgehead atoms. The van der Waals surface area contributed by atoms with Crippen molar-refractivity contribution in [3.05, 3.63) is 29.8 Å². The fourth-order valence-corrected chi connectivity index (χ4v) is 5.71. The Morgan fingerprint density at radius 1 is 1.00 bits per heavy atom. The molecule has 4 aliphatic carbocycles. The van der Waals surface area contributed by atoms with E-state index < -0.39 is 0 Å². The molecule has 4 saturated carbocycles. The van der Waals surface area contributed by atoms with Gasteiger partial charge in [-0.1, -0.05) is 6.92 Å². The van der Waals surface area contributed by atoms with Crippen molar-refractivity contribution in [3.8, 4) is 0 Å². The molecule has 0 aliphatic heterocycles. The van der Waals surface area contributed by atoms with Crippen LogP contribution in [0.1, 0.15) is 62.2 Å². The van der Waals surface area contributed by atoms with Crippen molar-refractivity contribution in [2.24, 2.45) is 17.8 Å². The minimum atomic E-state index is -0.116. The van der Waals surface area contributed by atoms with E-state index in [-0.39, 0.29) is 17.5 Å². The number of benzene rings is 1. The Hall–Kier alpha value is -2.04. The van der Waals surface area contributed by atoms with E-state index in [1.165, 1.54) is 19.3 Å². The summed E-state index contributed by atoms with van der Waals surface area (Å²) in [4.78, 5) is 24.5. The average Bonchev–Trinajstić information content (AvgIpc) is 2.58. The maximum absolute atomic E-state index is 12.6. The van der Waals surface area contributed by atoms with Crippen LogP contribution in [-0.4, -0.2) is 24.0 Å². The lowest BCUT2D eigenvalue weighted by atomic mass is 9.53. The summed E-state index contributed by atoms with van der Waals surface area (Å²) in [5, 5.41) is 9.11. The molecule has 5 rings (SSSR count). The molecule has 0 saturated heterocycles. The summed E-state index contributed by atoms with van der Waals surface area (Å²) < 4.78 is 0. The molecule has 3 amide bonds. The topological polar surface area (TPSA) is 70.2 Å². The second-order valence-electron chi connectivity index (χ2n) is 8.61. The van der Waals surface area contributed by atoms with Gasteiger partial charge in [0.15, 0.2) is 0 Å². The minimum absolute atomic E-state index is 0.0127. The van der Waals surface area contributed by atoms with Crippen LogP contribution in [0.3, 0.4) is 0 Å². The number of rotatable bonds is 5. The molecule has 5 nitrogen and oxygen atoms in total. The SMILES string of the molecule is CCCNC(=O)c1ccc(NC(=O)NC23CC4CC(CC(C4)C2)C3)cc1. The number of hydrogen-bond acceptors (Lipinski definition) is 2. The Morgan fingerprint density at radius 3 is 2.12 bits per heavy atom. The van der Waals surface area contributed by atoms with E-state index in [4.69, 9.17) is 0 Å². The first-order chi connectivity index (χ1) is 12.5. The standard InChI is InChI=1S/C21H29N3O2/c1-2-7-22-19(25)17-3-5-18(6-4-17)23-20(26)24-21-11-14-8-15(12-21)10-16(9-14)13-21/h3-6,14-16H,2,7-13H2,1H3,(H,22,25)(H2,23,24,26). The lowest BCUT2D eigenvalue weighted by Crippen LogP contribution is -2.60. The van der Waals surface area contributed by atoms with Crippen LogP contribution in [0.4, 0.5) is 10.5 Å². The quantitative estimate of drug-likeness (QED) is 0.749. The summed E-state index contributed by atoms with van der Waals surface area (Å²) in [6, 6.07) is 6.98. The molecule has 4 fully saturated rings. The summed E-state index contributed by atoms with van der Waals surface area (Å²) in [5.74, 6) is 2.35. The molecule has 0 atom stereocenters. The van der Waals surface area contributed by atoms with Crippen LogP contribution in [0.5, 0.6) is 0 Å². The largest absolute Gasteiger partial charge is 0.352 e. The molecule has 0 heterocycles. The number of carbonyl (C=O) groups excluding carboxylic acids is 2. The van der Waals surface area contributed by atoms with Gasteiger partial charge in [0.25, 0.3) is 5.91 Å². The molecule has 1 aromatic carbocycles. The highest BCUT2D eigenvalue weighted by Crippen LogP contribution is 2.55. The maximum atomic E-state index is 12.6. The Labute approximate surface area is 155 Å². The van der Waals surface area contributed by atoms with E-state index in [0.29, 0.717) is 12.1 Å². The second kappa shape index (κ2) is 6.93. The fraction of sp³-hybridized carbons (Fsp3) is 0.619. The average molecular weight is 355 g/mol. The van der Waals surface area contributed by atoms with Crippen molar-refractivity contribution >= 4 is 17.6 Å². The van der Waals surface area contributed by atoms with Crippen LogP contribution in [0, 0.1) is 17.8 Å². The predicted octanol–water partition coefficient (Wildman–Crippen LogP) is 3.92. The zero-order valence-electron chi connectivity index (χ0n) is 15.5. The van der Waals surface area contributed by atoms with Gasteiger partial charge in [0.05, 0.1) is 0 Å². The van der Waals surface area contributed by atoms with Crippen molar-refractivity contribution in [1.82, 2.24) is 10.6 Å². The molecule has 5 heteroatoms. The minimum Gasteiger partial charge on any atom is -0.352 e. The van der Waals surface area contributed by atoms with Gasteiger partial charge in [0.2, 0.25) is 0 Å². The Kier molecular flexibility index (Phi) is 4.63. The van der Waals surface area contributed by atoms with Gasteiger partial charge < -0.3 is 16.0 Å². The third kappa shape index (κ3) is 3.57. The van der Waals surface area contributed by atoms with Crippen molar-refractivity contribution in [3.63, 3.8) is 0 Å². The first kappa shape index (κ1) is 17.4. The predicted molar refractivity (Wildman–Crippen MR) is 102 cm³/mol. The lowest BCUT2D eigenvalue weighted by Gasteiger charge is -2.56. The zero-order valence-corrected chi connectivity index (χ0v) is 15.5. The van der Waals surface area contributed by atoms with E-state index in [1.54, 1.807) is 24.3 Å². The maximum Gasteiger partial charge on any atom is 0.319 e. The van der Waals surface area contributed by atoms with Gasteiger partial charge in [-0.2, -0.15) is 0 Å². The monoisotopic (exact) mass is 355 g/mol. The number of amides is 3. The normalized spacial score (nSPS) is 31.5. The van der Waals surface area contributed by atoms with Gasteiger partial charge in [0, 0.05) is 23.3 Å². The molecule has 3 N–H and O–H groups in total. The lowest BCUT2D eigenvalue weighted by molar-refractivity contribution is -0.0127. The number of urea groups is 1. The first-order valence-corrected chi connectivity index (χ1v) is 10.0. The van der Waals surface area contributed by atoms with Crippen molar-refractivity contribution < 1.29 is 9.59 Å². The number of carbonyl (C=O) groups is 2. The molecule has 0 unspecified atom stereocenters. The van der Waals surface area contributed by atoms with Crippen molar-refractivity contribution in [2.75, 3.05) is 11.9 Å². The van der Waals surface area contributed by atoms with Crippen molar-refractivity contribution in [1.29, 1.82) is 0 Å².